The molecule has 0 radical (unpaired) electrons. The van der Waals surface area contributed by atoms with Gasteiger partial charge < -0.3 is 15.0 Å². The first-order valence-electron chi connectivity index (χ1n) is 6.57. The van der Waals surface area contributed by atoms with Gasteiger partial charge in [0.1, 0.15) is 0 Å². The van der Waals surface area contributed by atoms with Crippen LogP contribution >= 0.6 is 0 Å². The average molecular weight is 238 g/mol. The molecule has 0 bridgehead atoms. The molecule has 1 aliphatic carbocycles. The molecule has 2 rings (SSSR count). The first-order chi connectivity index (χ1) is 8.27. The summed E-state index contributed by atoms with van der Waals surface area (Å²) in [7, 11) is 0. The highest BCUT2D eigenvalue weighted by molar-refractivity contribution is 5.74. The van der Waals surface area contributed by atoms with Crippen molar-refractivity contribution in [2.45, 2.75) is 38.6 Å². The number of amides is 2. The summed E-state index contributed by atoms with van der Waals surface area (Å²) in [4.78, 5) is 13.8. The molecule has 0 saturated carbocycles. The molecule has 2 amide bonds. The van der Waals surface area contributed by atoms with E-state index in [-0.39, 0.29) is 12.1 Å². The van der Waals surface area contributed by atoms with Gasteiger partial charge in [-0.3, -0.25) is 0 Å². The molecule has 1 N–H and O–H groups in total. The molecule has 96 valence electrons. The van der Waals surface area contributed by atoms with Crippen LogP contribution in [0.2, 0.25) is 0 Å². The maximum Gasteiger partial charge on any atom is 0.317 e. The molecule has 17 heavy (non-hydrogen) atoms. The second kappa shape index (κ2) is 6.05. The normalized spacial score (nSPS) is 24.6. The van der Waals surface area contributed by atoms with Gasteiger partial charge in [-0.1, -0.05) is 11.6 Å². The van der Waals surface area contributed by atoms with Crippen LogP contribution in [0.5, 0.6) is 0 Å². The van der Waals surface area contributed by atoms with Gasteiger partial charge in [0.15, 0.2) is 0 Å². The largest absolute Gasteiger partial charge is 0.377 e. The first-order valence-corrected chi connectivity index (χ1v) is 6.57. The lowest BCUT2D eigenvalue weighted by molar-refractivity contribution is 0.0191. The minimum atomic E-state index is 0.0550. The Morgan fingerprint density at radius 1 is 1.65 bits per heavy atom. The zero-order chi connectivity index (χ0) is 12.1. The number of carbonyl (C=O) groups is 1. The Kier molecular flexibility index (Phi) is 4.42. The summed E-state index contributed by atoms with van der Waals surface area (Å²) in [6.45, 7) is 4.80. The van der Waals surface area contributed by atoms with E-state index < -0.39 is 0 Å². The minimum Gasteiger partial charge on any atom is -0.377 e. The summed E-state index contributed by atoms with van der Waals surface area (Å²) in [6.07, 6.45) is 7.02. The molecule has 1 fully saturated rings. The van der Waals surface area contributed by atoms with Crippen molar-refractivity contribution in [1.82, 2.24) is 10.2 Å². The van der Waals surface area contributed by atoms with Gasteiger partial charge in [-0.15, -0.1) is 0 Å². The van der Waals surface area contributed by atoms with Crippen LogP contribution in [0.15, 0.2) is 11.6 Å². The van der Waals surface area contributed by atoms with E-state index in [0.29, 0.717) is 19.8 Å². The Hall–Kier alpha value is -1.03. The number of rotatable bonds is 3. The van der Waals surface area contributed by atoms with Crippen LogP contribution < -0.4 is 5.32 Å². The maximum atomic E-state index is 11.9. The number of carbonyl (C=O) groups excluding carboxylic acids is 1. The number of nitrogens with zero attached hydrogens (tertiary/aromatic N) is 1. The smallest absolute Gasteiger partial charge is 0.317 e. The third-order valence-corrected chi connectivity index (χ3v) is 3.49. The first kappa shape index (κ1) is 12.4. The predicted octanol–water partition coefficient (Wildman–Crippen LogP) is 1.92. The topological polar surface area (TPSA) is 41.6 Å². The zero-order valence-electron chi connectivity index (χ0n) is 10.6. The fourth-order valence-corrected chi connectivity index (χ4v) is 2.42. The van der Waals surface area contributed by atoms with Crippen LogP contribution in [-0.4, -0.2) is 43.3 Å². The third kappa shape index (κ3) is 3.46. The van der Waals surface area contributed by atoms with Crippen LogP contribution in [0.4, 0.5) is 4.79 Å². The average Bonchev–Trinajstić information content (AvgIpc) is 2.82. The van der Waals surface area contributed by atoms with Gasteiger partial charge in [0.2, 0.25) is 0 Å². The molecular weight excluding hydrogens is 216 g/mol. The lowest BCUT2D eigenvalue weighted by atomic mass is 10.2. The number of morpholine rings is 1. The Labute approximate surface area is 103 Å². The molecule has 1 atom stereocenters. The molecular formula is C13H22N2O2. The van der Waals surface area contributed by atoms with Crippen molar-refractivity contribution < 1.29 is 9.53 Å². The van der Waals surface area contributed by atoms with E-state index in [1.165, 1.54) is 24.8 Å². The highest BCUT2D eigenvalue weighted by atomic mass is 16.5. The molecule has 1 aliphatic heterocycles. The summed E-state index contributed by atoms with van der Waals surface area (Å²) >= 11 is 0. The summed E-state index contributed by atoms with van der Waals surface area (Å²) in [5.74, 6) is 0. The van der Waals surface area contributed by atoms with Gasteiger partial charge in [0, 0.05) is 13.1 Å². The third-order valence-electron chi connectivity index (χ3n) is 3.49. The van der Waals surface area contributed by atoms with Crippen LogP contribution in [0, 0.1) is 0 Å². The quantitative estimate of drug-likeness (QED) is 0.763. The Morgan fingerprint density at radius 3 is 3.24 bits per heavy atom. The second-order valence-electron chi connectivity index (χ2n) is 4.85. The van der Waals surface area contributed by atoms with Crippen molar-refractivity contribution >= 4 is 6.03 Å². The van der Waals surface area contributed by atoms with E-state index in [9.17, 15) is 4.79 Å². The second-order valence-corrected chi connectivity index (χ2v) is 4.85. The van der Waals surface area contributed by atoms with Crippen molar-refractivity contribution in [2.75, 3.05) is 26.3 Å². The van der Waals surface area contributed by atoms with Crippen molar-refractivity contribution in [3.8, 4) is 0 Å². The summed E-state index contributed by atoms with van der Waals surface area (Å²) in [5, 5.41) is 3.00. The summed E-state index contributed by atoms with van der Waals surface area (Å²) in [5.41, 5.74) is 1.50. The minimum absolute atomic E-state index is 0.0550. The zero-order valence-corrected chi connectivity index (χ0v) is 10.6. The number of urea groups is 1. The van der Waals surface area contributed by atoms with Gasteiger partial charge in [-0.05, 0) is 32.6 Å². The van der Waals surface area contributed by atoms with Gasteiger partial charge in [0.25, 0.3) is 0 Å². The van der Waals surface area contributed by atoms with Crippen molar-refractivity contribution in [3.05, 3.63) is 11.6 Å². The molecule has 4 heteroatoms. The number of nitrogens with one attached hydrogen (secondary N) is 1. The number of ether oxygens (including phenoxy) is 1. The highest BCUT2D eigenvalue weighted by Crippen LogP contribution is 2.19. The standard InChI is InChI=1S/C13H22N2O2/c1-11-10-17-9-8-15(11)13(16)14-7-6-12-4-2-3-5-12/h4,11H,2-3,5-10H2,1H3,(H,14,16). The molecule has 0 aromatic rings. The lowest BCUT2D eigenvalue weighted by Gasteiger charge is -2.33. The van der Waals surface area contributed by atoms with Crippen molar-refractivity contribution in [1.29, 1.82) is 0 Å². The highest BCUT2D eigenvalue weighted by Gasteiger charge is 2.23. The molecule has 2 aliphatic rings. The lowest BCUT2D eigenvalue weighted by Crippen LogP contribution is -2.51. The Bertz CT molecular complexity index is 302. The van der Waals surface area contributed by atoms with E-state index in [4.69, 9.17) is 4.74 Å². The number of hydrogen-bond acceptors (Lipinski definition) is 2. The molecule has 1 saturated heterocycles. The van der Waals surface area contributed by atoms with Crippen molar-refractivity contribution in [3.63, 3.8) is 0 Å². The Balaban J connectivity index is 1.69. The molecule has 0 aromatic heterocycles. The van der Waals surface area contributed by atoms with E-state index in [2.05, 4.69) is 11.4 Å². The van der Waals surface area contributed by atoms with Crippen LogP contribution in [-0.2, 0) is 4.74 Å². The van der Waals surface area contributed by atoms with E-state index in [0.717, 1.165) is 13.0 Å². The number of allylic oxidation sites excluding steroid dienone is 1. The maximum absolute atomic E-state index is 11.9. The van der Waals surface area contributed by atoms with E-state index >= 15 is 0 Å². The Morgan fingerprint density at radius 2 is 2.53 bits per heavy atom. The summed E-state index contributed by atoms with van der Waals surface area (Å²) in [6, 6.07) is 0.244. The van der Waals surface area contributed by atoms with Crippen LogP contribution in [0.1, 0.15) is 32.6 Å². The van der Waals surface area contributed by atoms with Gasteiger partial charge in [-0.25, -0.2) is 4.79 Å². The fourth-order valence-electron chi connectivity index (χ4n) is 2.42. The van der Waals surface area contributed by atoms with Crippen LogP contribution in [0.3, 0.4) is 0 Å². The van der Waals surface area contributed by atoms with Crippen LogP contribution in [0.25, 0.3) is 0 Å². The van der Waals surface area contributed by atoms with Gasteiger partial charge >= 0.3 is 6.03 Å². The van der Waals surface area contributed by atoms with Crippen molar-refractivity contribution in [2.24, 2.45) is 0 Å². The monoisotopic (exact) mass is 238 g/mol. The number of hydrogen-bond donors (Lipinski definition) is 1. The molecule has 1 unspecified atom stereocenters. The molecule has 1 heterocycles. The predicted molar refractivity (Wildman–Crippen MR) is 66.9 cm³/mol. The SMILES string of the molecule is CC1COCCN1C(=O)NCCC1=CCCC1. The van der Waals surface area contributed by atoms with Gasteiger partial charge in [0.05, 0.1) is 19.3 Å². The summed E-state index contributed by atoms with van der Waals surface area (Å²) < 4.78 is 5.32. The molecule has 0 spiro atoms. The molecule has 4 nitrogen and oxygen atoms in total. The van der Waals surface area contributed by atoms with Gasteiger partial charge in [-0.2, -0.15) is 0 Å². The molecule has 0 aromatic carbocycles. The van der Waals surface area contributed by atoms with E-state index in [1.807, 2.05) is 11.8 Å². The van der Waals surface area contributed by atoms with E-state index in [1.54, 1.807) is 0 Å². The fraction of sp³-hybridized carbons (Fsp3) is 0.769.